The zero-order chi connectivity index (χ0) is 21.3. The van der Waals surface area contributed by atoms with Gasteiger partial charge in [-0.15, -0.1) is 45.5 Å². The lowest BCUT2D eigenvalue weighted by molar-refractivity contribution is 0.414. The maximum atomic E-state index is 6.35. The molecule has 7 nitrogen and oxygen atoms in total. The van der Waals surface area contributed by atoms with E-state index in [9.17, 15) is 0 Å². The summed E-state index contributed by atoms with van der Waals surface area (Å²) in [5, 5.41) is 17.9. The number of nitrogens with zero attached hydrogens (tertiary/aromatic N) is 4. The van der Waals surface area contributed by atoms with Crippen LogP contribution in [0.4, 0.5) is 0 Å². The minimum Gasteiger partial charge on any atom is -0.497 e. The molecule has 2 heterocycles. The molecule has 168 valence electrons. The van der Waals surface area contributed by atoms with E-state index in [1.807, 2.05) is 36.7 Å². The van der Waals surface area contributed by atoms with Crippen LogP contribution in [-0.2, 0) is 26.4 Å². The third-order valence-corrected chi connectivity index (χ3v) is 6.04. The molecule has 0 radical (unpaired) electrons. The van der Waals surface area contributed by atoms with E-state index in [1.165, 1.54) is 4.88 Å². The van der Waals surface area contributed by atoms with Gasteiger partial charge in [-0.3, -0.25) is 0 Å². The first kappa shape index (κ1) is 25.4. The molecule has 0 unspecified atom stereocenters. The summed E-state index contributed by atoms with van der Waals surface area (Å²) in [7, 11) is 3.58. The first-order valence-corrected chi connectivity index (χ1v) is 11.0. The molecule has 1 aromatic carbocycles. The van der Waals surface area contributed by atoms with Crippen LogP contribution in [0.5, 0.6) is 5.75 Å². The van der Waals surface area contributed by atoms with Crippen LogP contribution in [0.3, 0.4) is 0 Å². The number of nitrogens with one attached hydrogen (secondary N) is 2. The molecule has 0 saturated carbocycles. The number of aromatic nitrogens is 3. The van der Waals surface area contributed by atoms with Gasteiger partial charge in [-0.1, -0.05) is 23.7 Å². The second-order valence-electron chi connectivity index (χ2n) is 6.78. The van der Waals surface area contributed by atoms with E-state index in [2.05, 4.69) is 43.3 Å². The Kier molecular flexibility index (Phi) is 10.6. The van der Waals surface area contributed by atoms with Crippen molar-refractivity contribution in [1.29, 1.82) is 0 Å². The largest absolute Gasteiger partial charge is 0.497 e. The van der Waals surface area contributed by atoms with E-state index in [0.717, 1.165) is 48.3 Å². The fraction of sp³-hybridized carbons (Fsp3) is 0.381. The number of benzene rings is 1. The van der Waals surface area contributed by atoms with Gasteiger partial charge < -0.3 is 19.9 Å². The number of rotatable bonds is 9. The van der Waals surface area contributed by atoms with Gasteiger partial charge >= 0.3 is 0 Å². The van der Waals surface area contributed by atoms with Crippen molar-refractivity contribution in [3.8, 4) is 5.75 Å². The lowest BCUT2D eigenvalue weighted by atomic mass is 10.1. The number of hydrogen-bond donors (Lipinski definition) is 2. The van der Waals surface area contributed by atoms with Gasteiger partial charge in [0.05, 0.1) is 7.11 Å². The van der Waals surface area contributed by atoms with Crippen LogP contribution in [0.1, 0.15) is 22.1 Å². The molecule has 0 amide bonds. The van der Waals surface area contributed by atoms with Gasteiger partial charge in [-0.2, -0.15) is 0 Å². The Morgan fingerprint density at radius 3 is 2.58 bits per heavy atom. The van der Waals surface area contributed by atoms with Crippen LogP contribution in [0.25, 0.3) is 0 Å². The van der Waals surface area contributed by atoms with Gasteiger partial charge in [0.1, 0.15) is 18.1 Å². The van der Waals surface area contributed by atoms with Crippen LogP contribution in [-0.4, -0.2) is 40.9 Å². The molecule has 0 aliphatic heterocycles. The molecule has 3 rings (SSSR count). The van der Waals surface area contributed by atoms with Crippen LogP contribution < -0.4 is 15.4 Å². The van der Waals surface area contributed by atoms with Gasteiger partial charge in [-0.25, -0.2) is 4.99 Å². The van der Waals surface area contributed by atoms with Crippen molar-refractivity contribution >= 4 is 52.9 Å². The number of methoxy groups -OCH3 is 1. The highest BCUT2D eigenvalue weighted by atomic mass is 127. The summed E-state index contributed by atoms with van der Waals surface area (Å²) in [6, 6.07) is 9.96. The summed E-state index contributed by atoms with van der Waals surface area (Å²) >= 11 is 8.12. The SMILES string of the molecule is COc1ccc(CCNC(=NCc2nnc(C)n2C)NCCc2cccs2)c(Cl)c1.I. The number of aliphatic imine (C=N–C) groups is 1. The van der Waals surface area contributed by atoms with Gasteiger partial charge in [0.15, 0.2) is 11.8 Å². The molecule has 3 aromatic rings. The van der Waals surface area contributed by atoms with Crippen LogP contribution in [0.2, 0.25) is 5.02 Å². The van der Waals surface area contributed by atoms with E-state index in [1.54, 1.807) is 18.4 Å². The molecule has 10 heteroatoms. The molecular weight excluding hydrogens is 547 g/mol. The lowest BCUT2D eigenvalue weighted by Crippen LogP contribution is -2.39. The summed E-state index contributed by atoms with van der Waals surface area (Å²) in [5.74, 6) is 3.20. The molecule has 0 saturated heterocycles. The predicted molar refractivity (Wildman–Crippen MR) is 138 cm³/mol. The van der Waals surface area contributed by atoms with Crippen LogP contribution in [0.15, 0.2) is 40.7 Å². The molecule has 0 atom stereocenters. The first-order valence-electron chi connectivity index (χ1n) is 9.78. The fourth-order valence-corrected chi connectivity index (χ4v) is 3.82. The maximum Gasteiger partial charge on any atom is 0.191 e. The molecule has 2 aromatic heterocycles. The Balaban J connectivity index is 0.00000341. The van der Waals surface area contributed by atoms with Crippen molar-refractivity contribution in [1.82, 2.24) is 25.4 Å². The van der Waals surface area contributed by atoms with E-state index in [0.29, 0.717) is 18.1 Å². The van der Waals surface area contributed by atoms with E-state index < -0.39 is 0 Å². The molecular formula is C21H28ClIN6OS. The Hall–Kier alpha value is -1.85. The Bertz CT molecular complexity index is 976. The normalized spacial score (nSPS) is 11.2. The van der Waals surface area contributed by atoms with Crippen molar-refractivity contribution in [2.45, 2.75) is 26.3 Å². The zero-order valence-electron chi connectivity index (χ0n) is 17.9. The third-order valence-electron chi connectivity index (χ3n) is 4.75. The van der Waals surface area contributed by atoms with Crippen molar-refractivity contribution < 1.29 is 4.74 Å². The third kappa shape index (κ3) is 7.65. The molecule has 0 bridgehead atoms. The maximum absolute atomic E-state index is 6.35. The minimum absolute atomic E-state index is 0. The first-order chi connectivity index (χ1) is 14.6. The molecule has 0 aliphatic rings. The van der Waals surface area contributed by atoms with E-state index in [-0.39, 0.29) is 24.0 Å². The Morgan fingerprint density at radius 1 is 1.19 bits per heavy atom. The van der Waals surface area contributed by atoms with Gasteiger partial charge in [0.25, 0.3) is 0 Å². The lowest BCUT2D eigenvalue weighted by Gasteiger charge is -2.13. The van der Waals surface area contributed by atoms with E-state index in [4.69, 9.17) is 16.3 Å². The number of thiophene rings is 1. The predicted octanol–water partition coefficient (Wildman–Crippen LogP) is 3.99. The summed E-state index contributed by atoms with van der Waals surface area (Å²) < 4.78 is 7.16. The summed E-state index contributed by atoms with van der Waals surface area (Å²) in [5.41, 5.74) is 1.06. The minimum atomic E-state index is 0. The standard InChI is InChI=1S/C21H27ClN6OS.HI/c1-15-26-27-20(28(15)2)14-25-21(24-11-9-18-5-4-12-30-18)23-10-8-16-6-7-17(29-3)13-19(16)22;/h4-7,12-13H,8-11,14H2,1-3H3,(H2,23,24,25);1H. The highest BCUT2D eigenvalue weighted by Crippen LogP contribution is 2.22. The Labute approximate surface area is 209 Å². The Morgan fingerprint density at radius 2 is 1.97 bits per heavy atom. The zero-order valence-corrected chi connectivity index (χ0v) is 21.8. The van der Waals surface area contributed by atoms with Crippen molar-refractivity contribution in [2.75, 3.05) is 20.2 Å². The monoisotopic (exact) mass is 574 g/mol. The van der Waals surface area contributed by atoms with E-state index >= 15 is 0 Å². The smallest absolute Gasteiger partial charge is 0.191 e. The van der Waals surface area contributed by atoms with Gasteiger partial charge in [0.2, 0.25) is 0 Å². The topological polar surface area (TPSA) is 76.4 Å². The highest BCUT2D eigenvalue weighted by molar-refractivity contribution is 14.0. The summed E-state index contributed by atoms with van der Waals surface area (Å²) in [4.78, 5) is 6.03. The molecule has 31 heavy (non-hydrogen) atoms. The number of guanidine groups is 1. The highest BCUT2D eigenvalue weighted by Gasteiger charge is 2.07. The van der Waals surface area contributed by atoms with Crippen molar-refractivity contribution in [3.05, 3.63) is 62.8 Å². The number of ether oxygens (including phenoxy) is 1. The molecule has 0 aliphatic carbocycles. The molecule has 0 fully saturated rings. The number of hydrogen-bond acceptors (Lipinski definition) is 5. The van der Waals surface area contributed by atoms with Crippen LogP contribution in [0, 0.1) is 6.92 Å². The average Bonchev–Trinajstić information content (AvgIpc) is 3.37. The van der Waals surface area contributed by atoms with Gasteiger partial charge in [0, 0.05) is 30.0 Å². The molecule has 0 spiro atoms. The fourth-order valence-electron chi connectivity index (χ4n) is 2.85. The second kappa shape index (κ2) is 12.9. The number of halogens is 2. The van der Waals surface area contributed by atoms with Crippen molar-refractivity contribution in [2.24, 2.45) is 12.0 Å². The van der Waals surface area contributed by atoms with Crippen molar-refractivity contribution in [3.63, 3.8) is 0 Å². The number of aryl methyl sites for hydroxylation is 1. The average molecular weight is 575 g/mol. The van der Waals surface area contributed by atoms with Gasteiger partial charge in [-0.05, 0) is 48.9 Å². The quantitative estimate of drug-likeness (QED) is 0.230. The summed E-state index contributed by atoms with van der Waals surface area (Å²) in [6.07, 6.45) is 1.73. The van der Waals surface area contributed by atoms with Crippen LogP contribution >= 0.6 is 46.9 Å². The summed E-state index contributed by atoms with van der Waals surface area (Å²) in [6.45, 7) is 3.88. The molecule has 2 N–H and O–H groups in total. The second-order valence-corrected chi connectivity index (χ2v) is 8.22.